The van der Waals surface area contributed by atoms with Crippen LogP contribution in [0.5, 0.6) is 5.75 Å². The first-order valence-electron chi connectivity index (χ1n) is 6.24. The first-order chi connectivity index (χ1) is 10.1. The Balaban J connectivity index is 1.77. The third-order valence-electron chi connectivity index (χ3n) is 3.00. The van der Waals surface area contributed by atoms with Crippen LogP contribution in [0.25, 0.3) is 11.0 Å². The first kappa shape index (κ1) is 14.4. The van der Waals surface area contributed by atoms with E-state index in [0.29, 0.717) is 5.75 Å². The van der Waals surface area contributed by atoms with E-state index in [1.165, 1.54) is 0 Å². The Morgan fingerprint density at radius 3 is 2.52 bits per heavy atom. The molecule has 1 aromatic heterocycles. The Morgan fingerprint density at radius 1 is 1.05 bits per heavy atom. The van der Waals surface area contributed by atoms with Gasteiger partial charge in [-0.25, -0.2) is 0 Å². The van der Waals surface area contributed by atoms with Crippen LogP contribution in [0.1, 0.15) is 5.56 Å². The van der Waals surface area contributed by atoms with Crippen molar-refractivity contribution in [1.29, 1.82) is 0 Å². The molecule has 3 aromatic rings. The van der Waals surface area contributed by atoms with Crippen molar-refractivity contribution in [3.8, 4) is 5.75 Å². The molecule has 0 aliphatic carbocycles. The third kappa shape index (κ3) is 3.36. The lowest BCUT2D eigenvalue weighted by molar-refractivity contribution is -0.133. The van der Waals surface area contributed by atoms with Gasteiger partial charge in [0.2, 0.25) is 0 Å². The highest BCUT2D eigenvalue weighted by Gasteiger charge is 2.12. The summed E-state index contributed by atoms with van der Waals surface area (Å²) in [5.74, 6) is 0.206. The molecule has 106 valence electrons. The Kier molecular flexibility index (Phi) is 4.12. The molecule has 0 atom stereocenters. The van der Waals surface area contributed by atoms with Crippen molar-refractivity contribution >= 4 is 48.8 Å². The van der Waals surface area contributed by atoms with E-state index in [1.54, 1.807) is 18.4 Å². The van der Waals surface area contributed by atoms with Gasteiger partial charge in [0.1, 0.15) is 11.3 Å². The van der Waals surface area contributed by atoms with Crippen LogP contribution in [0.2, 0.25) is 0 Å². The predicted octanol–water partition coefficient (Wildman–Crippen LogP) is 5.11. The van der Waals surface area contributed by atoms with E-state index in [1.807, 2.05) is 30.3 Å². The molecule has 3 nitrogen and oxygen atoms in total. The normalized spacial score (nSPS) is 10.8. The molecule has 0 N–H and O–H groups in total. The molecule has 2 aromatic carbocycles. The molecule has 0 saturated carbocycles. The summed E-state index contributed by atoms with van der Waals surface area (Å²) in [6.07, 6.45) is 1.76. The van der Waals surface area contributed by atoms with Crippen molar-refractivity contribution < 1.29 is 13.9 Å². The van der Waals surface area contributed by atoms with Crippen molar-refractivity contribution in [3.63, 3.8) is 0 Å². The number of rotatable bonds is 3. The highest BCUT2D eigenvalue weighted by Crippen LogP contribution is 2.25. The number of fused-ring (bicyclic) bond motifs is 1. The summed E-state index contributed by atoms with van der Waals surface area (Å²) in [6.45, 7) is 0. The fourth-order valence-electron chi connectivity index (χ4n) is 2.02. The van der Waals surface area contributed by atoms with E-state index in [9.17, 15) is 4.79 Å². The molecule has 0 aliphatic heterocycles. The van der Waals surface area contributed by atoms with Crippen LogP contribution in [0.3, 0.4) is 0 Å². The van der Waals surface area contributed by atoms with Gasteiger partial charge in [0.25, 0.3) is 0 Å². The third-order valence-corrected chi connectivity index (χ3v) is 4.02. The van der Waals surface area contributed by atoms with E-state index in [0.717, 1.165) is 25.5 Å². The van der Waals surface area contributed by atoms with E-state index < -0.39 is 0 Å². The van der Waals surface area contributed by atoms with Crippen LogP contribution in [-0.4, -0.2) is 5.97 Å². The fraction of sp³-hybridized carbons (Fsp3) is 0.0625. The lowest BCUT2D eigenvalue weighted by Crippen LogP contribution is -2.10. The second-order valence-corrected chi connectivity index (χ2v) is 6.34. The zero-order valence-corrected chi connectivity index (χ0v) is 14.0. The molecule has 0 unspecified atom stereocenters. The average molecular weight is 410 g/mol. The summed E-state index contributed by atoms with van der Waals surface area (Å²) in [6, 6.07) is 12.8. The van der Waals surface area contributed by atoms with Crippen LogP contribution in [-0.2, 0) is 11.2 Å². The van der Waals surface area contributed by atoms with Gasteiger partial charge >= 0.3 is 5.97 Å². The van der Waals surface area contributed by atoms with E-state index >= 15 is 0 Å². The smallest absolute Gasteiger partial charge is 0.315 e. The van der Waals surface area contributed by atoms with Crippen LogP contribution in [0.15, 0.2) is 62.1 Å². The second-order valence-electron chi connectivity index (χ2n) is 4.51. The van der Waals surface area contributed by atoms with Crippen LogP contribution in [0.4, 0.5) is 0 Å². The maximum absolute atomic E-state index is 12.0. The predicted molar refractivity (Wildman–Crippen MR) is 87.4 cm³/mol. The van der Waals surface area contributed by atoms with Crippen molar-refractivity contribution in [2.75, 3.05) is 0 Å². The molecule has 3 rings (SSSR count). The minimum Gasteiger partial charge on any atom is -0.464 e. The lowest BCUT2D eigenvalue weighted by Gasteiger charge is -2.03. The lowest BCUT2D eigenvalue weighted by atomic mass is 10.1. The molecule has 0 radical (unpaired) electrons. The topological polar surface area (TPSA) is 39.4 Å². The van der Waals surface area contributed by atoms with Gasteiger partial charge < -0.3 is 9.15 Å². The van der Waals surface area contributed by atoms with E-state index in [-0.39, 0.29) is 12.4 Å². The van der Waals surface area contributed by atoms with Gasteiger partial charge in [0, 0.05) is 19.9 Å². The second kappa shape index (κ2) is 6.03. The Labute approximate surface area is 138 Å². The molecule has 1 heterocycles. The van der Waals surface area contributed by atoms with Gasteiger partial charge in [0.05, 0.1) is 12.7 Å². The number of hydrogen-bond donors (Lipinski definition) is 0. The SMILES string of the molecule is O=C(Cc1coc2ccc(Br)cc12)Oc1ccc(Br)cc1. The number of hydrogen-bond acceptors (Lipinski definition) is 3. The quantitative estimate of drug-likeness (QED) is 0.446. The zero-order valence-electron chi connectivity index (χ0n) is 10.8. The first-order valence-corrected chi connectivity index (χ1v) is 7.82. The van der Waals surface area contributed by atoms with Crippen molar-refractivity contribution in [1.82, 2.24) is 0 Å². The fourth-order valence-corrected chi connectivity index (χ4v) is 2.64. The highest BCUT2D eigenvalue weighted by molar-refractivity contribution is 9.10. The number of carbonyl (C=O) groups is 1. The average Bonchev–Trinajstić information content (AvgIpc) is 2.84. The van der Waals surface area contributed by atoms with Gasteiger partial charge in [0.15, 0.2) is 0 Å². The number of benzene rings is 2. The molecule has 0 fully saturated rings. The summed E-state index contributed by atoms with van der Waals surface area (Å²) in [5, 5.41) is 0.914. The molecular formula is C16H10Br2O3. The zero-order chi connectivity index (χ0) is 14.8. The summed E-state index contributed by atoms with van der Waals surface area (Å²) in [4.78, 5) is 12.0. The molecule has 0 spiro atoms. The van der Waals surface area contributed by atoms with E-state index in [4.69, 9.17) is 9.15 Å². The maximum Gasteiger partial charge on any atom is 0.315 e. The van der Waals surface area contributed by atoms with Crippen LogP contribution in [0, 0.1) is 0 Å². The molecule has 0 bridgehead atoms. The van der Waals surface area contributed by atoms with Crippen LogP contribution < -0.4 is 4.74 Å². The minimum absolute atomic E-state index is 0.166. The van der Waals surface area contributed by atoms with Gasteiger partial charge in [-0.3, -0.25) is 4.79 Å². The summed E-state index contributed by atoms with van der Waals surface area (Å²) in [5.41, 5.74) is 1.57. The van der Waals surface area contributed by atoms with Gasteiger partial charge in [-0.05, 0) is 42.5 Å². The summed E-state index contributed by atoms with van der Waals surface area (Å²) in [7, 11) is 0. The number of carbonyl (C=O) groups excluding carboxylic acids is 1. The molecule has 5 heteroatoms. The molecular weight excluding hydrogens is 400 g/mol. The molecule has 0 aliphatic rings. The number of furan rings is 1. The standard InChI is InChI=1S/C16H10Br2O3/c17-11-1-4-13(5-2-11)21-16(19)7-10-9-20-15-6-3-12(18)8-14(10)15/h1-6,8-9H,7H2. The van der Waals surface area contributed by atoms with Crippen molar-refractivity contribution in [2.24, 2.45) is 0 Å². The summed E-state index contributed by atoms with van der Waals surface area (Å²) >= 11 is 6.75. The largest absolute Gasteiger partial charge is 0.464 e. The van der Waals surface area contributed by atoms with Crippen LogP contribution >= 0.6 is 31.9 Å². The Morgan fingerprint density at radius 2 is 1.76 bits per heavy atom. The maximum atomic E-state index is 12.0. The minimum atomic E-state index is -0.319. The number of halogens is 2. The van der Waals surface area contributed by atoms with Crippen molar-refractivity contribution in [2.45, 2.75) is 6.42 Å². The van der Waals surface area contributed by atoms with Gasteiger partial charge in [-0.2, -0.15) is 0 Å². The van der Waals surface area contributed by atoms with E-state index in [2.05, 4.69) is 31.9 Å². The van der Waals surface area contributed by atoms with Crippen molar-refractivity contribution in [3.05, 3.63) is 63.2 Å². The molecule has 0 saturated heterocycles. The Hall–Kier alpha value is -1.59. The monoisotopic (exact) mass is 408 g/mol. The molecule has 0 amide bonds. The number of ether oxygens (including phenoxy) is 1. The number of esters is 1. The van der Waals surface area contributed by atoms with Gasteiger partial charge in [-0.1, -0.05) is 31.9 Å². The summed E-state index contributed by atoms with van der Waals surface area (Å²) < 4.78 is 12.6. The highest BCUT2D eigenvalue weighted by atomic mass is 79.9. The Bertz CT molecular complexity index is 791. The van der Waals surface area contributed by atoms with Gasteiger partial charge in [-0.15, -0.1) is 0 Å². The molecule has 21 heavy (non-hydrogen) atoms.